The minimum Gasteiger partial charge on any atom is -0.444 e. The summed E-state index contributed by atoms with van der Waals surface area (Å²) in [6, 6.07) is 13.6. The number of hydrogen-bond acceptors (Lipinski definition) is 6. The first-order chi connectivity index (χ1) is 16.6. The molecule has 34 heavy (non-hydrogen) atoms. The molecule has 0 unspecified atom stereocenters. The number of nitrogens with two attached hydrogens (primary N) is 1. The van der Waals surface area contributed by atoms with E-state index in [9.17, 15) is 14.7 Å². The fourth-order valence-corrected chi connectivity index (χ4v) is 4.79. The second kappa shape index (κ2) is 10.9. The molecule has 0 aromatic heterocycles. The van der Waals surface area contributed by atoms with Crippen LogP contribution in [0.15, 0.2) is 42.5 Å². The highest BCUT2D eigenvalue weighted by Crippen LogP contribution is 2.34. The Balaban J connectivity index is 1.50. The number of aliphatic hydroxyl groups is 1. The molecule has 2 aliphatic rings. The van der Waals surface area contributed by atoms with Crippen LogP contribution in [0.4, 0.5) is 21.9 Å². The molecule has 9 heteroatoms. The normalized spacial score (nSPS) is 16.3. The minimum atomic E-state index is -0.281. The second-order valence-electron chi connectivity index (χ2n) is 8.51. The van der Waals surface area contributed by atoms with E-state index in [0.29, 0.717) is 25.3 Å². The number of para-hydroxylation sites is 1. The van der Waals surface area contributed by atoms with Crippen molar-refractivity contribution in [1.29, 1.82) is 0 Å². The Morgan fingerprint density at radius 1 is 1.21 bits per heavy atom. The van der Waals surface area contributed by atoms with E-state index in [2.05, 4.69) is 4.90 Å². The summed E-state index contributed by atoms with van der Waals surface area (Å²) in [4.78, 5) is 36.5. The van der Waals surface area contributed by atoms with Crippen molar-refractivity contribution in [2.24, 2.45) is 0 Å². The third-order valence-corrected chi connectivity index (χ3v) is 6.53. The van der Waals surface area contributed by atoms with E-state index in [-0.39, 0.29) is 24.6 Å². The lowest BCUT2D eigenvalue weighted by Crippen LogP contribution is -2.76. The molecule has 3 N–H and O–H groups in total. The lowest BCUT2D eigenvalue weighted by Gasteiger charge is -2.40. The van der Waals surface area contributed by atoms with Gasteiger partial charge in [-0.25, -0.2) is 9.63 Å². The first-order valence-corrected chi connectivity index (χ1v) is 11.8. The zero-order chi connectivity index (χ0) is 24.1. The van der Waals surface area contributed by atoms with Crippen LogP contribution in [0.1, 0.15) is 35.7 Å². The van der Waals surface area contributed by atoms with Crippen molar-refractivity contribution in [3.8, 4) is 0 Å². The second-order valence-corrected chi connectivity index (χ2v) is 8.51. The van der Waals surface area contributed by atoms with E-state index >= 15 is 0 Å². The number of carbonyl (C=O) groups excluding carboxylic acids is 2. The average molecular weight is 470 g/mol. The van der Waals surface area contributed by atoms with Crippen molar-refractivity contribution in [2.45, 2.75) is 32.4 Å². The Morgan fingerprint density at radius 2 is 1.97 bits per heavy atom. The number of carbonyl (C=O) groups is 2. The maximum atomic E-state index is 12.9. The van der Waals surface area contributed by atoms with Crippen LogP contribution in [0.2, 0.25) is 0 Å². The molecule has 0 atom stereocenters. The van der Waals surface area contributed by atoms with E-state index in [1.165, 1.54) is 0 Å². The summed E-state index contributed by atoms with van der Waals surface area (Å²) in [5, 5.41) is 9.24. The number of cyclic esters (lactones) is 1. The number of aliphatic hydroxyl groups excluding tert-OH is 1. The summed E-state index contributed by atoms with van der Waals surface area (Å²) in [5.74, 6) is -0.116. The predicted molar refractivity (Wildman–Crippen MR) is 128 cm³/mol. The molecule has 2 heterocycles. The Bertz CT molecular complexity index is 1020. The molecule has 0 spiro atoms. The van der Waals surface area contributed by atoms with Crippen LogP contribution in [0.25, 0.3) is 0 Å². The van der Waals surface area contributed by atoms with Crippen LogP contribution in [0, 0.1) is 0 Å². The van der Waals surface area contributed by atoms with Crippen molar-refractivity contribution in [3.63, 3.8) is 0 Å². The topological polar surface area (TPSA) is 99.2 Å². The number of piperidine rings is 1. The molecule has 2 aromatic rings. The van der Waals surface area contributed by atoms with Crippen LogP contribution < -0.4 is 15.3 Å². The van der Waals surface area contributed by atoms with Gasteiger partial charge in [-0.05, 0) is 38.0 Å². The lowest BCUT2D eigenvalue weighted by atomic mass is 9.99. The van der Waals surface area contributed by atoms with Crippen LogP contribution in [-0.4, -0.2) is 67.9 Å². The Hall–Kier alpha value is -3.14. The molecule has 4 rings (SSSR count). The number of hydrogen-bond donors (Lipinski definition) is 2. The summed E-state index contributed by atoms with van der Waals surface area (Å²) in [6.07, 6.45) is 1.32. The number of benzene rings is 2. The number of anilines is 2. The van der Waals surface area contributed by atoms with Gasteiger partial charge < -0.3 is 19.6 Å². The van der Waals surface area contributed by atoms with Gasteiger partial charge in [-0.1, -0.05) is 18.2 Å². The number of fused-ring (bicyclic) bond motifs is 1. The van der Waals surface area contributed by atoms with Gasteiger partial charge in [0.25, 0.3) is 5.91 Å². The number of rotatable bonds is 8. The fourth-order valence-electron chi connectivity index (χ4n) is 4.79. The zero-order valence-electron chi connectivity index (χ0n) is 19.8. The molecule has 0 bridgehead atoms. The predicted octanol–water partition coefficient (Wildman–Crippen LogP) is 2.02. The Kier molecular flexibility index (Phi) is 7.66. The minimum absolute atomic E-state index is 0.0671. The molecule has 0 saturated carbocycles. The van der Waals surface area contributed by atoms with E-state index < -0.39 is 0 Å². The van der Waals surface area contributed by atoms with Crippen molar-refractivity contribution < 1.29 is 29.8 Å². The van der Waals surface area contributed by atoms with Gasteiger partial charge in [-0.3, -0.25) is 9.69 Å². The molecular formula is C25H33N4O5+. The third kappa shape index (κ3) is 4.86. The fraction of sp³-hybridized carbons (Fsp3) is 0.440. The van der Waals surface area contributed by atoms with Gasteiger partial charge in [0.2, 0.25) is 0 Å². The van der Waals surface area contributed by atoms with Crippen LogP contribution in [0.5, 0.6) is 0 Å². The monoisotopic (exact) mass is 469 g/mol. The molecule has 1 saturated heterocycles. The van der Waals surface area contributed by atoms with Gasteiger partial charge >= 0.3 is 6.09 Å². The highest BCUT2D eigenvalue weighted by molar-refractivity contribution is 5.96. The van der Waals surface area contributed by atoms with Crippen molar-refractivity contribution in [3.05, 3.63) is 53.6 Å². The van der Waals surface area contributed by atoms with Crippen LogP contribution >= 0.6 is 0 Å². The Morgan fingerprint density at radius 3 is 2.68 bits per heavy atom. The number of quaternary nitrogens is 1. The Labute approximate surface area is 199 Å². The van der Waals surface area contributed by atoms with E-state index in [1.54, 1.807) is 22.4 Å². The van der Waals surface area contributed by atoms with Gasteiger partial charge in [-0.2, -0.15) is 5.48 Å². The summed E-state index contributed by atoms with van der Waals surface area (Å²) in [5.41, 5.74) is 6.00. The third-order valence-electron chi connectivity index (χ3n) is 6.53. The number of likely N-dealkylation sites (N-methyl/N-ethyl adjacent to an activating group) is 1. The van der Waals surface area contributed by atoms with Crippen LogP contribution in [0.3, 0.4) is 0 Å². The number of nitrogens with zero attached hydrogens (tertiary/aromatic N) is 3. The van der Waals surface area contributed by atoms with Crippen molar-refractivity contribution in [2.75, 3.05) is 49.7 Å². The largest absolute Gasteiger partial charge is 0.444 e. The maximum absolute atomic E-state index is 12.9. The molecule has 2 aromatic carbocycles. The van der Waals surface area contributed by atoms with Gasteiger partial charge in [0, 0.05) is 49.4 Å². The SMILES string of the molecule is CCN(CCO)C(=O)c1ccc(N2CCC(N3C(=O)OCc4ccccc43)CC2)c([NH2+]OC)c1. The standard InChI is InChI=1S/C25H32N4O5/c1-3-27(14-15-30)24(31)18-8-9-23(21(16-18)26-33-2)28-12-10-20(11-13-28)29-22-7-5-4-6-19(22)17-34-25(29)32/h4-9,16,20,26,30H,3,10-15,17H2,1-2H3/p+1. The molecule has 0 radical (unpaired) electrons. The molecular weight excluding hydrogens is 436 g/mol. The summed E-state index contributed by atoms with van der Waals surface area (Å²) in [7, 11) is 1.59. The van der Waals surface area contributed by atoms with E-state index in [0.717, 1.165) is 48.6 Å². The van der Waals surface area contributed by atoms with Gasteiger partial charge in [-0.15, -0.1) is 0 Å². The van der Waals surface area contributed by atoms with Crippen molar-refractivity contribution in [1.82, 2.24) is 4.90 Å². The van der Waals surface area contributed by atoms with Gasteiger partial charge in [0.1, 0.15) is 12.3 Å². The summed E-state index contributed by atoms with van der Waals surface area (Å²) in [6.45, 7) is 4.50. The highest BCUT2D eigenvalue weighted by atomic mass is 16.6. The highest BCUT2D eigenvalue weighted by Gasteiger charge is 2.34. The summed E-state index contributed by atoms with van der Waals surface area (Å²) >= 11 is 0. The van der Waals surface area contributed by atoms with Gasteiger partial charge in [0.15, 0.2) is 5.69 Å². The number of amides is 2. The quantitative estimate of drug-likeness (QED) is 0.453. The molecule has 2 aliphatic heterocycles. The molecule has 2 amide bonds. The zero-order valence-corrected chi connectivity index (χ0v) is 19.8. The first-order valence-electron chi connectivity index (χ1n) is 11.8. The number of ether oxygens (including phenoxy) is 1. The average Bonchev–Trinajstić information content (AvgIpc) is 2.87. The van der Waals surface area contributed by atoms with Crippen LogP contribution in [-0.2, 0) is 16.2 Å². The van der Waals surface area contributed by atoms with E-state index in [1.807, 2.05) is 49.4 Å². The summed E-state index contributed by atoms with van der Waals surface area (Å²) < 4.78 is 5.41. The lowest BCUT2D eigenvalue weighted by molar-refractivity contribution is -0.829. The molecule has 9 nitrogen and oxygen atoms in total. The smallest absolute Gasteiger partial charge is 0.414 e. The molecule has 0 aliphatic carbocycles. The molecule has 1 fully saturated rings. The molecule has 182 valence electrons. The maximum Gasteiger partial charge on any atom is 0.414 e. The van der Waals surface area contributed by atoms with Crippen molar-refractivity contribution >= 4 is 29.1 Å². The first kappa shape index (κ1) is 24.0. The van der Waals surface area contributed by atoms with E-state index in [4.69, 9.17) is 9.57 Å². The van der Waals surface area contributed by atoms with Gasteiger partial charge in [0.05, 0.1) is 19.4 Å².